The van der Waals surface area contributed by atoms with Gasteiger partial charge in [-0.15, -0.1) is 0 Å². The molecule has 0 aliphatic heterocycles. The van der Waals surface area contributed by atoms with Crippen molar-refractivity contribution in [2.45, 2.75) is 18.9 Å². The van der Waals surface area contributed by atoms with Crippen molar-refractivity contribution in [2.75, 3.05) is 11.5 Å². The average molecular weight is 359 g/mol. The molecule has 25 heavy (non-hydrogen) atoms. The Morgan fingerprint density at radius 1 is 1.04 bits per heavy atom. The van der Waals surface area contributed by atoms with E-state index in [0.717, 1.165) is 12.8 Å². The summed E-state index contributed by atoms with van der Waals surface area (Å²) in [5.41, 5.74) is 3.01. The molecule has 132 valence electrons. The summed E-state index contributed by atoms with van der Waals surface area (Å²) in [7, 11) is -3.45. The van der Waals surface area contributed by atoms with E-state index in [-0.39, 0.29) is 23.8 Å². The van der Waals surface area contributed by atoms with Crippen LogP contribution in [0.3, 0.4) is 0 Å². The first-order chi connectivity index (χ1) is 12.0. The molecular formula is C19H21NO4S. The molecular weight excluding hydrogens is 338 g/mol. The maximum atomic E-state index is 12.7. The van der Waals surface area contributed by atoms with Crippen LogP contribution in [0.2, 0.25) is 0 Å². The quantitative estimate of drug-likeness (QED) is 0.468. The monoisotopic (exact) mass is 359 g/mol. The van der Waals surface area contributed by atoms with Gasteiger partial charge in [0.15, 0.2) is 9.84 Å². The van der Waals surface area contributed by atoms with Crippen molar-refractivity contribution in [3.8, 4) is 0 Å². The summed E-state index contributed by atoms with van der Waals surface area (Å²) in [6.07, 6.45) is 1.75. The number of carbonyl (C=O) groups is 1. The fraction of sp³-hybridized carbons (Fsp3) is 0.316. The largest absolute Gasteiger partial charge is 0.285 e. The topological polar surface area (TPSA) is 74.7 Å². The summed E-state index contributed by atoms with van der Waals surface area (Å²) < 4.78 is 25.4. The molecule has 3 rings (SSSR count). The first-order valence-electron chi connectivity index (χ1n) is 8.23. The number of fused-ring (bicyclic) bond motifs is 1. The van der Waals surface area contributed by atoms with E-state index in [9.17, 15) is 18.4 Å². The van der Waals surface area contributed by atoms with Gasteiger partial charge in [-0.1, -0.05) is 54.6 Å². The summed E-state index contributed by atoms with van der Waals surface area (Å²) in [6, 6.07) is 15.8. The molecule has 0 saturated carbocycles. The Morgan fingerprint density at radius 2 is 1.60 bits per heavy atom. The molecule has 5 nitrogen and oxygen atoms in total. The zero-order valence-electron chi connectivity index (χ0n) is 13.8. The van der Waals surface area contributed by atoms with Crippen molar-refractivity contribution in [1.82, 2.24) is 5.06 Å². The number of amides is 1. The van der Waals surface area contributed by atoms with Crippen molar-refractivity contribution in [1.29, 1.82) is 0 Å². The molecule has 1 N–H and O–H groups in total. The van der Waals surface area contributed by atoms with Gasteiger partial charge in [0, 0.05) is 0 Å². The number of benzene rings is 2. The molecule has 2 aromatic carbocycles. The van der Waals surface area contributed by atoms with Gasteiger partial charge in [-0.25, -0.2) is 13.5 Å². The summed E-state index contributed by atoms with van der Waals surface area (Å²) in [5.74, 6) is -0.196. The first kappa shape index (κ1) is 17.6. The van der Waals surface area contributed by atoms with Crippen molar-refractivity contribution < 1.29 is 18.4 Å². The van der Waals surface area contributed by atoms with Crippen LogP contribution in [0.4, 0.5) is 0 Å². The summed E-state index contributed by atoms with van der Waals surface area (Å²) in [6.45, 7) is 0. The van der Waals surface area contributed by atoms with Gasteiger partial charge in [-0.3, -0.25) is 10.0 Å². The molecule has 0 heterocycles. The minimum atomic E-state index is -3.45. The number of hydrogen-bond acceptors (Lipinski definition) is 4. The van der Waals surface area contributed by atoms with E-state index in [0.29, 0.717) is 10.6 Å². The third-order valence-corrected chi connectivity index (χ3v) is 6.45. The lowest BCUT2D eigenvalue weighted by molar-refractivity contribution is -0.158. The van der Waals surface area contributed by atoms with Crippen LogP contribution in [0.1, 0.15) is 22.7 Å². The second kappa shape index (κ2) is 7.37. The molecule has 1 aliphatic rings. The first-order valence-corrected chi connectivity index (χ1v) is 10.1. The Balaban J connectivity index is 1.72. The van der Waals surface area contributed by atoms with Crippen LogP contribution >= 0.6 is 0 Å². The lowest BCUT2D eigenvalue weighted by Gasteiger charge is -2.23. The van der Waals surface area contributed by atoms with Gasteiger partial charge in [-0.2, -0.15) is 0 Å². The second-order valence-corrected chi connectivity index (χ2v) is 8.69. The Labute approximate surface area is 147 Å². The van der Waals surface area contributed by atoms with Crippen LogP contribution in [0.5, 0.6) is 0 Å². The van der Waals surface area contributed by atoms with E-state index < -0.39 is 15.9 Å². The fourth-order valence-corrected chi connectivity index (χ4v) is 5.43. The number of nitrogens with zero attached hydrogens (tertiary/aromatic N) is 1. The van der Waals surface area contributed by atoms with Gasteiger partial charge in [0.05, 0.1) is 17.5 Å². The van der Waals surface area contributed by atoms with Gasteiger partial charge in [-0.05, 0) is 35.4 Å². The van der Waals surface area contributed by atoms with E-state index >= 15 is 0 Å². The maximum Gasteiger partial charge on any atom is 0.233 e. The van der Waals surface area contributed by atoms with Crippen LogP contribution in [-0.2, 0) is 27.5 Å². The standard InChI is InChI=1S/C19H21NO4S/c21-14-20(22)19(16-6-2-1-3-7-16)13-25(23,24)12-15-10-17-8-4-5-9-18(17)11-15/h1-9,14-15,19,22H,10-13H2/t19-/m1/s1. The van der Waals surface area contributed by atoms with Crippen LogP contribution in [0, 0.1) is 5.92 Å². The second-order valence-electron chi connectivity index (χ2n) is 6.53. The highest BCUT2D eigenvalue weighted by Gasteiger charge is 2.30. The fourth-order valence-electron chi connectivity index (χ4n) is 3.51. The summed E-state index contributed by atoms with van der Waals surface area (Å²) in [5, 5.41) is 10.3. The SMILES string of the molecule is O=CN(O)[C@H](CS(=O)(=O)CC1Cc2ccccc2C1)c1ccccc1. The van der Waals surface area contributed by atoms with Crippen LogP contribution in [0.15, 0.2) is 54.6 Å². The van der Waals surface area contributed by atoms with Crippen LogP contribution in [-0.4, -0.2) is 36.6 Å². The molecule has 0 spiro atoms. The molecule has 2 aromatic rings. The molecule has 0 aromatic heterocycles. The van der Waals surface area contributed by atoms with Crippen molar-refractivity contribution in [2.24, 2.45) is 5.92 Å². The maximum absolute atomic E-state index is 12.7. The highest BCUT2D eigenvalue weighted by molar-refractivity contribution is 7.91. The Hall–Kier alpha value is -2.18. The van der Waals surface area contributed by atoms with Crippen LogP contribution in [0.25, 0.3) is 0 Å². The normalized spacial score (nSPS) is 15.6. The minimum absolute atomic E-state index is 0.0437. The van der Waals surface area contributed by atoms with E-state index in [1.807, 2.05) is 24.3 Å². The smallest absolute Gasteiger partial charge is 0.233 e. The molecule has 0 bridgehead atoms. The van der Waals surface area contributed by atoms with E-state index in [1.54, 1.807) is 30.3 Å². The predicted octanol–water partition coefficient (Wildman–Crippen LogP) is 2.41. The van der Waals surface area contributed by atoms with Crippen LogP contribution < -0.4 is 0 Å². The number of sulfone groups is 1. The molecule has 0 fully saturated rings. The van der Waals surface area contributed by atoms with Gasteiger partial charge in [0.2, 0.25) is 6.41 Å². The third-order valence-electron chi connectivity index (χ3n) is 4.65. The zero-order valence-corrected chi connectivity index (χ0v) is 14.6. The van der Waals surface area contributed by atoms with E-state index in [4.69, 9.17) is 0 Å². The molecule has 1 amide bonds. The van der Waals surface area contributed by atoms with E-state index in [1.165, 1.54) is 11.1 Å². The zero-order chi connectivity index (χ0) is 17.9. The molecule has 6 heteroatoms. The molecule has 1 aliphatic carbocycles. The predicted molar refractivity (Wildman–Crippen MR) is 94.9 cm³/mol. The molecule has 0 saturated heterocycles. The van der Waals surface area contributed by atoms with Gasteiger partial charge in [0.1, 0.15) is 0 Å². The van der Waals surface area contributed by atoms with E-state index in [2.05, 4.69) is 0 Å². The Bertz CT molecular complexity index is 811. The molecule has 0 radical (unpaired) electrons. The lowest BCUT2D eigenvalue weighted by Crippen LogP contribution is -2.32. The molecule has 0 unspecified atom stereocenters. The van der Waals surface area contributed by atoms with Gasteiger partial charge < -0.3 is 0 Å². The van der Waals surface area contributed by atoms with Gasteiger partial charge >= 0.3 is 0 Å². The Kier molecular flexibility index (Phi) is 5.20. The number of rotatable bonds is 7. The molecule has 1 atom stereocenters. The lowest BCUT2D eigenvalue weighted by atomic mass is 10.1. The van der Waals surface area contributed by atoms with Crippen molar-refractivity contribution in [3.63, 3.8) is 0 Å². The number of carbonyl (C=O) groups excluding carboxylic acids is 1. The third kappa shape index (κ3) is 4.27. The van der Waals surface area contributed by atoms with Crippen molar-refractivity contribution in [3.05, 3.63) is 71.3 Å². The Morgan fingerprint density at radius 3 is 2.16 bits per heavy atom. The number of hydrogen-bond donors (Lipinski definition) is 1. The summed E-state index contributed by atoms with van der Waals surface area (Å²) >= 11 is 0. The van der Waals surface area contributed by atoms with Crippen molar-refractivity contribution >= 4 is 16.2 Å². The summed E-state index contributed by atoms with van der Waals surface area (Å²) in [4.78, 5) is 11.0. The number of hydroxylamine groups is 2. The minimum Gasteiger partial charge on any atom is -0.285 e. The highest BCUT2D eigenvalue weighted by Crippen LogP contribution is 2.29. The highest BCUT2D eigenvalue weighted by atomic mass is 32.2. The van der Waals surface area contributed by atoms with Gasteiger partial charge in [0.25, 0.3) is 0 Å². The average Bonchev–Trinajstić information content (AvgIpc) is 3.01.